The fraction of sp³-hybridized carbons (Fsp3) is 0. The van der Waals surface area contributed by atoms with Crippen molar-refractivity contribution in [2.75, 3.05) is 5.32 Å². The molecule has 0 aliphatic rings. The zero-order chi connectivity index (χ0) is 23.7. The van der Waals surface area contributed by atoms with Gasteiger partial charge in [-0.2, -0.15) is 0 Å². The summed E-state index contributed by atoms with van der Waals surface area (Å²) in [7, 11) is 0. The Kier molecular flexibility index (Phi) is 6.70. The van der Waals surface area contributed by atoms with E-state index in [9.17, 15) is 4.79 Å². The van der Waals surface area contributed by atoms with Crippen LogP contribution >= 0.6 is 54.8 Å². The molecule has 0 saturated carbocycles. The molecule has 5 aromatic rings. The highest BCUT2D eigenvalue weighted by molar-refractivity contribution is 9.11. The Bertz CT molecular complexity index is 1510. The Morgan fingerprint density at radius 1 is 1.03 bits per heavy atom. The number of carbonyl (C=O) groups excluding carboxylic acids is 1. The predicted octanol–water partition coefficient (Wildman–Crippen LogP) is 9.05. The summed E-state index contributed by atoms with van der Waals surface area (Å²) in [5, 5.41) is 4.46. The van der Waals surface area contributed by atoms with E-state index in [1.807, 2.05) is 72.8 Å². The van der Waals surface area contributed by atoms with Crippen LogP contribution in [-0.2, 0) is 4.79 Å². The molecule has 0 radical (unpaired) electrons. The van der Waals surface area contributed by atoms with Crippen molar-refractivity contribution in [1.82, 2.24) is 4.98 Å². The van der Waals surface area contributed by atoms with E-state index in [0.29, 0.717) is 22.2 Å². The van der Waals surface area contributed by atoms with Gasteiger partial charge < -0.3 is 9.73 Å². The summed E-state index contributed by atoms with van der Waals surface area (Å²) in [6, 6.07) is 22.9. The molecule has 4 nitrogen and oxygen atoms in total. The maximum Gasteiger partial charge on any atom is 0.248 e. The van der Waals surface area contributed by atoms with Crippen molar-refractivity contribution in [2.24, 2.45) is 0 Å². The maximum atomic E-state index is 12.8. The number of amides is 1. The van der Waals surface area contributed by atoms with Crippen molar-refractivity contribution in [3.63, 3.8) is 0 Å². The summed E-state index contributed by atoms with van der Waals surface area (Å²) in [5.74, 6) is 0.988. The molecular weight excluding hydrogens is 600 g/mol. The lowest BCUT2D eigenvalue weighted by molar-refractivity contribution is -0.111. The van der Waals surface area contributed by atoms with Gasteiger partial charge in [-0.1, -0.05) is 39.7 Å². The summed E-state index contributed by atoms with van der Waals surface area (Å²) < 4.78 is 8.56. The second-order valence-corrected chi connectivity index (χ2v) is 10.6. The number of anilines is 1. The first-order valence-corrected chi connectivity index (χ1v) is 12.9. The zero-order valence-corrected chi connectivity index (χ0v) is 22.1. The van der Waals surface area contributed by atoms with Crippen LogP contribution in [0, 0.1) is 0 Å². The Morgan fingerprint density at radius 2 is 1.82 bits per heavy atom. The van der Waals surface area contributed by atoms with Gasteiger partial charge in [-0.15, -0.1) is 11.3 Å². The van der Waals surface area contributed by atoms with Crippen molar-refractivity contribution in [1.29, 1.82) is 0 Å². The van der Waals surface area contributed by atoms with Gasteiger partial charge in [0.05, 0.1) is 15.9 Å². The van der Waals surface area contributed by atoms with Crippen molar-refractivity contribution in [3.05, 3.63) is 98.6 Å². The third kappa shape index (κ3) is 5.03. The maximum absolute atomic E-state index is 12.8. The number of thiazole rings is 1. The molecule has 1 amide bonds. The monoisotopic (exact) mass is 612 g/mol. The van der Waals surface area contributed by atoms with Crippen molar-refractivity contribution in [2.45, 2.75) is 0 Å². The lowest BCUT2D eigenvalue weighted by Crippen LogP contribution is -2.09. The van der Waals surface area contributed by atoms with Gasteiger partial charge >= 0.3 is 0 Å². The minimum Gasteiger partial charge on any atom is -0.457 e. The number of hydrogen-bond acceptors (Lipinski definition) is 4. The van der Waals surface area contributed by atoms with Crippen LogP contribution in [0.15, 0.2) is 92.2 Å². The van der Waals surface area contributed by atoms with Gasteiger partial charge in [0.2, 0.25) is 5.91 Å². The molecule has 2 heterocycles. The topological polar surface area (TPSA) is 55.1 Å². The zero-order valence-electron chi connectivity index (χ0n) is 17.4. The number of fused-ring (bicyclic) bond motifs is 1. The fourth-order valence-corrected chi connectivity index (χ4v) is 5.83. The summed E-state index contributed by atoms with van der Waals surface area (Å²) in [6.07, 6.45) is 3.08. The average Bonchev–Trinajstić information content (AvgIpc) is 3.47. The lowest BCUT2D eigenvalue weighted by atomic mass is 10.2. The normalized spacial score (nSPS) is 11.4. The number of nitrogens with zero attached hydrogens (tertiary/aromatic N) is 1. The van der Waals surface area contributed by atoms with E-state index < -0.39 is 0 Å². The number of rotatable bonds is 5. The first-order valence-electron chi connectivity index (χ1n) is 10.2. The number of benzene rings is 3. The number of halogens is 3. The highest BCUT2D eigenvalue weighted by atomic mass is 79.9. The van der Waals surface area contributed by atoms with Crippen LogP contribution in [-0.4, -0.2) is 10.9 Å². The molecule has 0 spiro atoms. The van der Waals surface area contributed by atoms with E-state index in [-0.39, 0.29) is 5.91 Å². The predicted molar refractivity (Wildman–Crippen MR) is 147 cm³/mol. The molecule has 2 aromatic heterocycles. The Morgan fingerprint density at radius 3 is 2.62 bits per heavy atom. The minimum absolute atomic E-state index is 0.283. The molecule has 0 fully saturated rings. The van der Waals surface area contributed by atoms with Crippen LogP contribution in [0.5, 0.6) is 0 Å². The van der Waals surface area contributed by atoms with Crippen LogP contribution in [0.4, 0.5) is 5.69 Å². The quantitative estimate of drug-likeness (QED) is 0.201. The Labute approximate surface area is 221 Å². The first-order chi connectivity index (χ1) is 16.5. The smallest absolute Gasteiger partial charge is 0.248 e. The van der Waals surface area contributed by atoms with Gasteiger partial charge in [-0.05, 0) is 82.7 Å². The Hall–Kier alpha value is -2.71. The number of aromatic nitrogens is 1. The third-order valence-electron chi connectivity index (χ3n) is 4.98. The van der Waals surface area contributed by atoms with Gasteiger partial charge in [0.1, 0.15) is 16.5 Å². The highest BCUT2D eigenvalue weighted by Gasteiger charge is 2.16. The second-order valence-electron chi connectivity index (χ2n) is 7.33. The van der Waals surface area contributed by atoms with E-state index in [2.05, 4.69) is 37.2 Å². The van der Waals surface area contributed by atoms with E-state index in [1.165, 1.54) is 6.08 Å². The third-order valence-corrected chi connectivity index (χ3v) is 7.39. The van der Waals surface area contributed by atoms with Gasteiger partial charge in [0.15, 0.2) is 0 Å². The van der Waals surface area contributed by atoms with E-state index in [4.69, 9.17) is 21.0 Å². The first kappa shape index (κ1) is 23.1. The van der Waals surface area contributed by atoms with Gasteiger partial charge in [-0.3, -0.25) is 4.79 Å². The Balaban J connectivity index is 1.39. The second kappa shape index (κ2) is 9.88. The molecule has 0 aliphatic carbocycles. The number of para-hydroxylation sites is 1. The average molecular weight is 615 g/mol. The molecule has 0 saturated heterocycles. The number of furan rings is 1. The molecular formula is C26H15Br2ClN2O2S. The van der Waals surface area contributed by atoms with Crippen LogP contribution in [0.3, 0.4) is 0 Å². The fourth-order valence-electron chi connectivity index (χ4n) is 3.39. The van der Waals surface area contributed by atoms with Crippen molar-refractivity contribution in [3.8, 4) is 21.9 Å². The molecule has 34 heavy (non-hydrogen) atoms. The van der Waals surface area contributed by atoms with E-state index in [1.54, 1.807) is 17.4 Å². The van der Waals surface area contributed by atoms with Gasteiger partial charge in [-0.25, -0.2) is 4.98 Å². The highest BCUT2D eigenvalue weighted by Crippen LogP contribution is 2.40. The largest absolute Gasteiger partial charge is 0.457 e. The summed E-state index contributed by atoms with van der Waals surface area (Å²) in [5.41, 5.74) is 3.31. The summed E-state index contributed by atoms with van der Waals surface area (Å²) in [6.45, 7) is 0. The van der Waals surface area contributed by atoms with Crippen LogP contribution in [0.2, 0.25) is 5.02 Å². The van der Waals surface area contributed by atoms with Crippen molar-refractivity contribution >= 4 is 82.7 Å². The van der Waals surface area contributed by atoms with Crippen LogP contribution in [0.25, 0.3) is 38.2 Å². The molecule has 3 aromatic carbocycles. The molecule has 0 bridgehead atoms. The summed E-state index contributed by atoms with van der Waals surface area (Å²) >= 11 is 14.6. The molecule has 8 heteroatoms. The van der Waals surface area contributed by atoms with Crippen LogP contribution < -0.4 is 5.32 Å². The van der Waals surface area contributed by atoms with Crippen LogP contribution in [0.1, 0.15) is 5.76 Å². The lowest BCUT2D eigenvalue weighted by Gasteiger charge is -2.11. The number of nitrogens with one attached hydrogen (secondary N) is 1. The standard InChI is InChI=1S/C26H15Br2ClN2O2S/c27-16-13-19(26-30-21-3-1-2-4-23(21)34-26)25(20(28)14-16)31-24(32)12-10-18-9-11-22(33-18)15-5-7-17(29)8-6-15/h1-14H,(H,31,32)/b12-10+. The minimum atomic E-state index is -0.283. The molecule has 0 aliphatic heterocycles. The molecule has 0 unspecified atom stereocenters. The van der Waals surface area contributed by atoms with E-state index in [0.717, 1.165) is 35.3 Å². The van der Waals surface area contributed by atoms with Gasteiger partial charge in [0, 0.05) is 31.2 Å². The molecule has 168 valence electrons. The summed E-state index contributed by atoms with van der Waals surface area (Å²) in [4.78, 5) is 17.5. The number of hydrogen-bond donors (Lipinski definition) is 1. The SMILES string of the molecule is O=C(/C=C/c1ccc(-c2ccc(Cl)cc2)o1)Nc1c(Br)cc(Br)cc1-c1nc2ccccc2s1. The molecule has 5 rings (SSSR count). The van der Waals surface area contributed by atoms with Gasteiger partial charge in [0.25, 0.3) is 0 Å². The van der Waals surface area contributed by atoms with E-state index >= 15 is 0 Å². The number of carbonyl (C=O) groups is 1. The molecule has 1 N–H and O–H groups in total. The molecule has 0 atom stereocenters. The van der Waals surface area contributed by atoms with Crippen molar-refractivity contribution < 1.29 is 9.21 Å².